The van der Waals surface area contributed by atoms with E-state index in [9.17, 15) is 4.79 Å². The summed E-state index contributed by atoms with van der Waals surface area (Å²) in [4.78, 5) is 16.2. The Labute approximate surface area is 108 Å². The Hall–Kier alpha value is -1.55. The summed E-state index contributed by atoms with van der Waals surface area (Å²) in [7, 11) is 1.85. The van der Waals surface area contributed by atoms with Gasteiger partial charge in [0.15, 0.2) is 0 Å². The number of hydrogen-bond acceptors (Lipinski definition) is 3. The van der Waals surface area contributed by atoms with Gasteiger partial charge in [0.25, 0.3) is 0 Å². The normalized spacial score (nSPS) is 24.6. The van der Waals surface area contributed by atoms with Gasteiger partial charge in [-0.2, -0.15) is 0 Å². The predicted molar refractivity (Wildman–Crippen MR) is 73.6 cm³/mol. The number of amides is 1. The summed E-state index contributed by atoms with van der Waals surface area (Å²) in [6.07, 6.45) is 0. The number of anilines is 1. The lowest BCUT2D eigenvalue weighted by molar-refractivity contribution is -0.134. The van der Waals surface area contributed by atoms with E-state index in [0.717, 1.165) is 12.2 Å². The summed E-state index contributed by atoms with van der Waals surface area (Å²) in [5.74, 6) is 0.109. The van der Waals surface area contributed by atoms with Gasteiger partial charge in [0.05, 0.1) is 0 Å². The molecule has 2 rings (SSSR count). The van der Waals surface area contributed by atoms with Crippen LogP contribution in [-0.4, -0.2) is 43.0 Å². The molecular formula is C14H21N3O. The van der Waals surface area contributed by atoms with E-state index in [2.05, 4.69) is 30.9 Å². The zero-order valence-electron chi connectivity index (χ0n) is 11.3. The third-order valence-electron chi connectivity index (χ3n) is 3.69. The number of hydrogen-bond donors (Lipinski definition) is 1. The number of nitrogens with zero attached hydrogens (tertiary/aromatic N) is 2. The SMILES string of the molecule is Cc1cccc(N2CC(C)N(C)C(=O)C2CN)c1. The minimum absolute atomic E-state index is 0.109. The summed E-state index contributed by atoms with van der Waals surface area (Å²) in [6, 6.07) is 8.19. The van der Waals surface area contributed by atoms with Gasteiger partial charge in [-0.1, -0.05) is 12.1 Å². The average molecular weight is 247 g/mol. The largest absolute Gasteiger partial charge is 0.356 e. The van der Waals surface area contributed by atoms with E-state index in [4.69, 9.17) is 5.73 Å². The predicted octanol–water partition coefficient (Wildman–Crippen LogP) is 0.989. The molecule has 2 unspecified atom stereocenters. The first kappa shape index (κ1) is 12.9. The number of benzene rings is 1. The highest BCUT2D eigenvalue weighted by atomic mass is 16.2. The number of nitrogens with two attached hydrogens (primary N) is 1. The van der Waals surface area contributed by atoms with Crippen LogP contribution < -0.4 is 10.6 Å². The van der Waals surface area contributed by atoms with Crippen LogP contribution in [0.2, 0.25) is 0 Å². The number of carbonyl (C=O) groups is 1. The summed E-state index contributed by atoms with van der Waals surface area (Å²) in [5.41, 5.74) is 8.06. The van der Waals surface area contributed by atoms with Crippen molar-refractivity contribution in [3.63, 3.8) is 0 Å². The molecule has 2 atom stereocenters. The molecule has 1 saturated heterocycles. The Morgan fingerprint density at radius 1 is 1.44 bits per heavy atom. The van der Waals surface area contributed by atoms with E-state index >= 15 is 0 Å². The molecule has 0 saturated carbocycles. The fourth-order valence-electron chi connectivity index (χ4n) is 2.44. The van der Waals surface area contributed by atoms with Crippen molar-refractivity contribution in [3.05, 3.63) is 29.8 Å². The second-order valence-electron chi connectivity index (χ2n) is 5.04. The molecule has 0 spiro atoms. The fourth-order valence-corrected chi connectivity index (χ4v) is 2.44. The molecule has 1 aromatic rings. The molecule has 2 N–H and O–H groups in total. The lowest BCUT2D eigenvalue weighted by atomic mass is 10.1. The van der Waals surface area contributed by atoms with Crippen LogP contribution in [0.3, 0.4) is 0 Å². The van der Waals surface area contributed by atoms with E-state index in [1.807, 2.05) is 19.2 Å². The van der Waals surface area contributed by atoms with Crippen molar-refractivity contribution in [2.45, 2.75) is 25.9 Å². The van der Waals surface area contributed by atoms with Gasteiger partial charge in [-0.15, -0.1) is 0 Å². The zero-order chi connectivity index (χ0) is 13.3. The maximum absolute atomic E-state index is 12.2. The highest BCUT2D eigenvalue weighted by molar-refractivity contribution is 5.87. The standard InChI is InChI=1S/C14H21N3O/c1-10-5-4-6-12(7-10)17-9-11(2)16(3)14(18)13(17)8-15/h4-7,11,13H,8-9,15H2,1-3H3. The molecule has 0 aliphatic carbocycles. The maximum atomic E-state index is 12.2. The molecule has 1 heterocycles. The van der Waals surface area contributed by atoms with Crippen molar-refractivity contribution in [2.75, 3.05) is 25.0 Å². The molecule has 1 aliphatic rings. The first-order chi connectivity index (χ1) is 8.54. The second kappa shape index (κ2) is 4.98. The quantitative estimate of drug-likeness (QED) is 0.848. The van der Waals surface area contributed by atoms with Crippen molar-refractivity contribution < 1.29 is 4.79 Å². The minimum Gasteiger partial charge on any atom is -0.356 e. The Kier molecular flexibility index (Phi) is 3.57. The van der Waals surface area contributed by atoms with Crippen molar-refractivity contribution >= 4 is 11.6 Å². The van der Waals surface area contributed by atoms with Crippen LogP contribution in [0, 0.1) is 6.92 Å². The first-order valence-corrected chi connectivity index (χ1v) is 6.34. The van der Waals surface area contributed by atoms with E-state index in [1.165, 1.54) is 5.56 Å². The Morgan fingerprint density at radius 2 is 2.17 bits per heavy atom. The summed E-state index contributed by atoms with van der Waals surface area (Å²) in [5, 5.41) is 0. The molecular weight excluding hydrogens is 226 g/mol. The van der Waals surface area contributed by atoms with E-state index in [1.54, 1.807) is 4.90 Å². The second-order valence-corrected chi connectivity index (χ2v) is 5.04. The van der Waals surface area contributed by atoms with Gasteiger partial charge in [0, 0.05) is 31.9 Å². The highest BCUT2D eigenvalue weighted by Gasteiger charge is 2.35. The summed E-state index contributed by atoms with van der Waals surface area (Å²) in [6.45, 7) is 5.30. The van der Waals surface area contributed by atoms with Gasteiger partial charge in [-0.05, 0) is 31.5 Å². The average Bonchev–Trinajstić information content (AvgIpc) is 2.35. The van der Waals surface area contributed by atoms with Crippen LogP contribution >= 0.6 is 0 Å². The third kappa shape index (κ3) is 2.20. The highest BCUT2D eigenvalue weighted by Crippen LogP contribution is 2.23. The Bertz CT molecular complexity index is 446. The van der Waals surface area contributed by atoms with Gasteiger partial charge in [-0.25, -0.2) is 0 Å². The van der Waals surface area contributed by atoms with Gasteiger partial charge in [-0.3, -0.25) is 4.79 Å². The molecule has 0 radical (unpaired) electrons. The van der Waals surface area contributed by atoms with Gasteiger partial charge >= 0.3 is 0 Å². The smallest absolute Gasteiger partial charge is 0.246 e. The van der Waals surface area contributed by atoms with Crippen molar-refractivity contribution in [1.82, 2.24) is 4.90 Å². The number of aryl methyl sites for hydroxylation is 1. The van der Waals surface area contributed by atoms with Gasteiger partial charge in [0.2, 0.25) is 5.91 Å². The number of piperazine rings is 1. The van der Waals surface area contributed by atoms with E-state index < -0.39 is 0 Å². The van der Waals surface area contributed by atoms with Crippen LogP contribution in [0.25, 0.3) is 0 Å². The number of rotatable bonds is 2. The third-order valence-corrected chi connectivity index (χ3v) is 3.69. The molecule has 0 aromatic heterocycles. The minimum atomic E-state index is -0.243. The topological polar surface area (TPSA) is 49.6 Å². The molecule has 4 nitrogen and oxygen atoms in total. The van der Waals surface area contributed by atoms with Crippen LogP contribution in [0.4, 0.5) is 5.69 Å². The lowest BCUT2D eigenvalue weighted by Gasteiger charge is -2.44. The summed E-state index contributed by atoms with van der Waals surface area (Å²) >= 11 is 0. The van der Waals surface area contributed by atoms with Gasteiger partial charge < -0.3 is 15.5 Å². The van der Waals surface area contributed by atoms with Crippen LogP contribution in [-0.2, 0) is 4.79 Å². The molecule has 4 heteroatoms. The molecule has 18 heavy (non-hydrogen) atoms. The summed E-state index contributed by atoms with van der Waals surface area (Å²) < 4.78 is 0. The molecule has 0 bridgehead atoms. The van der Waals surface area contributed by atoms with Gasteiger partial charge in [0.1, 0.15) is 6.04 Å². The van der Waals surface area contributed by atoms with Crippen LogP contribution in [0.15, 0.2) is 24.3 Å². The van der Waals surface area contributed by atoms with Crippen LogP contribution in [0.1, 0.15) is 12.5 Å². The van der Waals surface area contributed by atoms with E-state index in [0.29, 0.717) is 6.54 Å². The molecule has 1 amide bonds. The molecule has 1 aliphatic heterocycles. The lowest BCUT2D eigenvalue weighted by Crippen LogP contribution is -2.62. The maximum Gasteiger partial charge on any atom is 0.246 e. The zero-order valence-corrected chi connectivity index (χ0v) is 11.3. The fraction of sp³-hybridized carbons (Fsp3) is 0.500. The van der Waals surface area contributed by atoms with Crippen molar-refractivity contribution in [1.29, 1.82) is 0 Å². The van der Waals surface area contributed by atoms with Crippen molar-refractivity contribution in [3.8, 4) is 0 Å². The molecule has 1 fully saturated rings. The Morgan fingerprint density at radius 3 is 2.78 bits per heavy atom. The van der Waals surface area contributed by atoms with Crippen LogP contribution in [0.5, 0.6) is 0 Å². The van der Waals surface area contributed by atoms with Crippen molar-refractivity contribution in [2.24, 2.45) is 5.73 Å². The monoisotopic (exact) mass is 247 g/mol. The van der Waals surface area contributed by atoms with E-state index in [-0.39, 0.29) is 18.0 Å². The molecule has 1 aromatic carbocycles. The Balaban J connectivity index is 2.33. The number of likely N-dealkylation sites (N-methyl/N-ethyl adjacent to an activating group) is 1. The molecule has 98 valence electrons. The number of carbonyl (C=O) groups excluding carboxylic acids is 1. The first-order valence-electron chi connectivity index (χ1n) is 6.34.